The Morgan fingerprint density at radius 3 is 2.74 bits per heavy atom. The second-order valence-electron chi connectivity index (χ2n) is 5.44. The van der Waals surface area contributed by atoms with E-state index in [9.17, 15) is 9.18 Å². The maximum atomic E-state index is 14.1. The Bertz CT molecular complexity index is 485. The predicted octanol–water partition coefficient (Wildman–Crippen LogP) is 3.56. The summed E-state index contributed by atoms with van der Waals surface area (Å²) in [6.07, 6.45) is 1.98. The molecule has 1 heterocycles. The third kappa shape index (κ3) is 3.06. The molecule has 2 N–H and O–H groups in total. The second kappa shape index (κ2) is 5.59. The molecular formula is C15H21FN2O. The van der Waals surface area contributed by atoms with Crippen LogP contribution in [0.3, 0.4) is 0 Å². The van der Waals surface area contributed by atoms with Crippen molar-refractivity contribution in [2.45, 2.75) is 46.1 Å². The van der Waals surface area contributed by atoms with Gasteiger partial charge in [0.2, 0.25) is 5.91 Å². The van der Waals surface area contributed by atoms with Crippen LogP contribution in [0.2, 0.25) is 0 Å². The van der Waals surface area contributed by atoms with Crippen LogP contribution in [0, 0.1) is 11.7 Å². The van der Waals surface area contributed by atoms with Crippen molar-refractivity contribution in [1.29, 1.82) is 0 Å². The topological polar surface area (TPSA) is 41.1 Å². The molecule has 0 spiro atoms. The van der Waals surface area contributed by atoms with Crippen LogP contribution in [-0.4, -0.2) is 11.9 Å². The first-order valence-electron chi connectivity index (χ1n) is 6.90. The van der Waals surface area contributed by atoms with Crippen LogP contribution in [0.25, 0.3) is 0 Å². The van der Waals surface area contributed by atoms with Gasteiger partial charge in [0.25, 0.3) is 0 Å². The average Bonchev–Trinajstić information content (AvgIpc) is 2.36. The van der Waals surface area contributed by atoms with E-state index in [4.69, 9.17) is 0 Å². The van der Waals surface area contributed by atoms with Gasteiger partial charge in [-0.15, -0.1) is 0 Å². The standard InChI is InChI=1S/C15H21FN2O/c1-4-12(9(2)3)17-14-8-13-10(7-11(14)16)5-6-15(19)18-13/h7-9,12,17H,4-6H2,1-3H3,(H,18,19). The number of rotatable bonds is 4. The van der Waals surface area contributed by atoms with E-state index in [-0.39, 0.29) is 17.8 Å². The van der Waals surface area contributed by atoms with E-state index >= 15 is 0 Å². The number of carbonyl (C=O) groups excluding carboxylic acids is 1. The molecule has 3 nitrogen and oxygen atoms in total. The fourth-order valence-corrected chi connectivity index (χ4v) is 2.45. The van der Waals surface area contributed by atoms with Gasteiger partial charge in [-0.3, -0.25) is 4.79 Å². The van der Waals surface area contributed by atoms with Crippen LogP contribution >= 0.6 is 0 Å². The van der Waals surface area contributed by atoms with Crippen molar-refractivity contribution >= 4 is 17.3 Å². The molecule has 1 aliphatic heterocycles. The third-order valence-corrected chi connectivity index (χ3v) is 3.67. The van der Waals surface area contributed by atoms with E-state index in [1.54, 1.807) is 6.07 Å². The summed E-state index contributed by atoms with van der Waals surface area (Å²) in [5.41, 5.74) is 2.08. The zero-order chi connectivity index (χ0) is 14.0. The van der Waals surface area contributed by atoms with Gasteiger partial charge in [0.15, 0.2) is 0 Å². The molecule has 1 aromatic rings. The highest BCUT2D eigenvalue weighted by atomic mass is 19.1. The fraction of sp³-hybridized carbons (Fsp3) is 0.533. The van der Waals surface area contributed by atoms with Crippen molar-refractivity contribution in [3.05, 3.63) is 23.5 Å². The van der Waals surface area contributed by atoms with Crippen LogP contribution in [0.4, 0.5) is 15.8 Å². The molecule has 0 radical (unpaired) electrons. The second-order valence-corrected chi connectivity index (χ2v) is 5.44. The van der Waals surface area contributed by atoms with Crippen molar-refractivity contribution in [3.8, 4) is 0 Å². The SMILES string of the molecule is CCC(Nc1cc2c(cc1F)CCC(=O)N2)C(C)C. The maximum absolute atomic E-state index is 14.1. The van der Waals surface area contributed by atoms with E-state index in [1.807, 2.05) is 0 Å². The lowest BCUT2D eigenvalue weighted by molar-refractivity contribution is -0.116. The first-order valence-corrected chi connectivity index (χ1v) is 6.90. The number of amides is 1. The zero-order valence-corrected chi connectivity index (χ0v) is 11.7. The molecule has 1 amide bonds. The number of hydrogen-bond acceptors (Lipinski definition) is 2. The van der Waals surface area contributed by atoms with E-state index in [1.165, 1.54) is 6.07 Å². The predicted molar refractivity (Wildman–Crippen MR) is 75.9 cm³/mol. The first kappa shape index (κ1) is 13.8. The summed E-state index contributed by atoms with van der Waals surface area (Å²) in [6.45, 7) is 6.30. The van der Waals surface area contributed by atoms with E-state index < -0.39 is 0 Å². The summed E-state index contributed by atoms with van der Waals surface area (Å²) >= 11 is 0. The maximum Gasteiger partial charge on any atom is 0.224 e. The van der Waals surface area contributed by atoms with E-state index in [0.717, 1.165) is 17.7 Å². The van der Waals surface area contributed by atoms with Gasteiger partial charge in [-0.05, 0) is 36.5 Å². The van der Waals surface area contributed by atoms with Crippen molar-refractivity contribution in [2.75, 3.05) is 10.6 Å². The lowest BCUT2D eigenvalue weighted by Crippen LogP contribution is -2.26. The van der Waals surface area contributed by atoms with Gasteiger partial charge in [-0.25, -0.2) is 4.39 Å². The van der Waals surface area contributed by atoms with Gasteiger partial charge < -0.3 is 10.6 Å². The molecule has 0 aromatic heterocycles. The van der Waals surface area contributed by atoms with Crippen LogP contribution in [-0.2, 0) is 11.2 Å². The summed E-state index contributed by atoms with van der Waals surface area (Å²) in [6, 6.07) is 3.48. The number of benzene rings is 1. The summed E-state index contributed by atoms with van der Waals surface area (Å²) in [7, 11) is 0. The van der Waals surface area contributed by atoms with Gasteiger partial charge in [0.05, 0.1) is 5.69 Å². The molecule has 0 saturated heterocycles. The summed E-state index contributed by atoms with van der Waals surface area (Å²) < 4.78 is 14.1. The Balaban J connectivity index is 2.26. The number of hydrogen-bond donors (Lipinski definition) is 2. The van der Waals surface area contributed by atoms with E-state index in [0.29, 0.717) is 24.4 Å². The zero-order valence-electron chi connectivity index (χ0n) is 11.7. The molecule has 4 heteroatoms. The van der Waals surface area contributed by atoms with Crippen molar-refractivity contribution in [3.63, 3.8) is 0 Å². The number of aryl methyl sites for hydroxylation is 1. The molecule has 0 bridgehead atoms. The third-order valence-electron chi connectivity index (χ3n) is 3.67. The smallest absolute Gasteiger partial charge is 0.224 e. The molecule has 19 heavy (non-hydrogen) atoms. The van der Waals surface area contributed by atoms with Gasteiger partial charge in [-0.1, -0.05) is 20.8 Å². The minimum atomic E-state index is -0.242. The first-order chi connectivity index (χ1) is 9.01. The Morgan fingerprint density at radius 1 is 1.37 bits per heavy atom. The Morgan fingerprint density at radius 2 is 2.11 bits per heavy atom. The number of anilines is 2. The largest absolute Gasteiger partial charge is 0.380 e. The van der Waals surface area contributed by atoms with Crippen molar-refractivity contribution < 1.29 is 9.18 Å². The minimum absolute atomic E-state index is 0.000888. The van der Waals surface area contributed by atoms with Gasteiger partial charge in [0.1, 0.15) is 5.82 Å². The lowest BCUT2D eigenvalue weighted by Gasteiger charge is -2.24. The van der Waals surface area contributed by atoms with Gasteiger partial charge >= 0.3 is 0 Å². The number of nitrogens with one attached hydrogen (secondary N) is 2. The lowest BCUT2D eigenvalue weighted by atomic mass is 9.99. The Labute approximate surface area is 113 Å². The van der Waals surface area contributed by atoms with Crippen LogP contribution in [0.5, 0.6) is 0 Å². The number of carbonyl (C=O) groups is 1. The highest BCUT2D eigenvalue weighted by Crippen LogP contribution is 2.29. The number of halogens is 1. The van der Waals surface area contributed by atoms with Gasteiger partial charge in [-0.2, -0.15) is 0 Å². The molecular weight excluding hydrogens is 243 g/mol. The highest BCUT2D eigenvalue weighted by Gasteiger charge is 2.19. The molecule has 104 valence electrons. The summed E-state index contributed by atoms with van der Waals surface area (Å²) in [5.74, 6) is 0.185. The highest BCUT2D eigenvalue weighted by molar-refractivity contribution is 5.94. The summed E-state index contributed by atoms with van der Waals surface area (Å²) in [4.78, 5) is 11.4. The molecule has 1 aromatic carbocycles. The molecule has 1 aliphatic rings. The summed E-state index contributed by atoms with van der Waals surface area (Å²) in [5, 5.41) is 6.04. The quantitative estimate of drug-likeness (QED) is 0.873. The monoisotopic (exact) mass is 264 g/mol. The minimum Gasteiger partial charge on any atom is -0.380 e. The molecule has 0 saturated carbocycles. The Hall–Kier alpha value is -1.58. The molecule has 0 aliphatic carbocycles. The van der Waals surface area contributed by atoms with Crippen LogP contribution in [0.1, 0.15) is 39.2 Å². The van der Waals surface area contributed by atoms with Crippen molar-refractivity contribution in [2.24, 2.45) is 5.92 Å². The molecule has 1 atom stereocenters. The average molecular weight is 264 g/mol. The normalized spacial score (nSPS) is 15.9. The van der Waals surface area contributed by atoms with Crippen LogP contribution < -0.4 is 10.6 Å². The molecule has 0 fully saturated rings. The molecule has 2 rings (SSSR count). The number of fused-ring (bicyclic) bond motifs is 1. The molecule has 1 unspecified atom stereocenters. The fourth-order valence-electron chi connectivity index (χ4n) is 2.45. The van der Waals surface area contributed by atoms with Crippen LogP contribution in [0.15, 0.2) is 12.1 Å². The Kier molecular flexibility index (Phi) is 4.08. The van der Waals surface area contributed by atoms with Gasteiger partial charge in [0, 0.05) is 18.2 Å². The van der Waals surface area contributed by atoms with Crippen molar-refractivity contribution in [1.82, 2.24) is 0 Å². The van der Waals surface area contributed by atoms with E-state index in [2.05, 4.69) is 31.4 Å².